The summed E-state index contributed by atoms with van der Waals surface area (Å²) in [6.07, 6.45) is -0.718. The van der Waals surface area contributed by atoms with Crippen molar-refractivity contribution in [1.29, 1.82) is 0 Å². The molecule has 1 nitrogen and oxygen atoms in total. The standard InChI is InChI=1S/C7H13FO/c1-5(2)6-3-9-4-7(6)8/h5-7H,3-4H2,1-2H3. The maximum Gasteiger partial charge on any atom is 0.129 e. The molecule has 0 aromatic rings. The van der Waals surface area contributed by atoms with Crippen LogP contribution in [0, 0.1) is 11.8 Å². The van der Waals surface area contributed by atoms with Gasteiger partial charge < -0.3 is 4.74 Å². The van der Waals surface area contributed by atoms with E-state index in [1.165, 1.54) is 0 Å². The molecule has 1 fully saturated rings. The van der Waals surface area contributed by atoms with Crippen molar-refractivity contribution in [2.24, 2.45) is 11.8 Å². The first-order valence-corrected chi connectivity index (χ1v) is 3.43. The van der Waals surface area contributed by atoms with Crippen molar-refractivity contribution in [2.45, 2.75) is 20.0 Å². The topological polar surface area (TPSA) is 9.23 Å². The van der Waals surface area contributed by atoms with Crippen LogP contribution in [0.4, 0.5) is 4.39 Å². The lowest BCUT2D eigenvalue weighted by Crippen LogP contribution is -2.18. The van der Waals surface area contributed by atoms with E-state index in [9.17, 15) is 4.39 Å². The summed E-state index contributed by atoms with van der Waals surface area (Å²) in [4.78, 5) is 0. The Bertz CT molecular complexity index is 92.9. The SMILES string of the molecule is CC(C)C1COCC1F. The normalized spacial score (nSPS) is 36.0. The van der Waals surface area contributed by atoms with Crippen LogP contribution in [0.25, 0.3) is 0 Å². The van der Waals surface area contributed by atoms with E-state index in [-0.39, 0.29) is 5.92 Å². The van der Waals surface area contributed by atoms with Gasteiger partial charge in [0.25, 0.3) is 0 Å². The molecule has 1 rings (SSSR count). The predicted molar refractivity (Wildman–Crippen MR) is 34.0 cm³/mol. The number of alkyl halides is 1. The zero-order valence-electron chi connectivity index (χ0n) is 5.93. The highest BCUT2D eigenvalue weighted by molar-refractivity contribution is 4.76. The van der Waals surface area contributed by atoms with Crippen molar-refractivity contribution in [2.75, 3.05) is 13.2 Å². The van der Waals surface area contributed by atoms with Crippen LogP contribution in [0.3, 0.4) is 0 Å². The van der Waals surface area contributed by atoms with Crippen molar-refractivity contribution in [3.63, 3.8) is 0 Å². The van der Waals surface area contributed by atoms with Crippen LogP contribution < -0.4 is 0 Å². The van der Waals surface area contributed by atoms with E-state index in [1.807, 2.05) is 13.8 Å². The van der Waals surface area contributed by atoms with Crippen molar-refractivity contribution in [3.05, 3.63) is 0 Å². The molecule has 1 heterocycles. The zero-order chi connectivity index (χ0) is 6.85. The van der Waals surface area contributed by atoms with Gasteiger partial charge in [0.15, 0.2) is 0 Å². The first kappa shape index (κ1) is 7.00. The van der Waals surface area contributed by atoms with E-state index in [0.717, 1.165) is 0 Å². The Balaban J connectivity index is 2.40. The lowest BCUT2D eigenvalue weighted by molar-refractivity contribution is 0.170. The molecule has 2 unspecified atom stereocenters. The van der Waals surface area contributed by atoms with Crippen LogP contribution in [0.15, 0.2) is 0 Å². The van der Waals surface area contributed by atoms with E-state index in [1.54, 1.807) is 0 Å². The van der Waals surface area contributed by atoms with E-state index in [2.05, 4.69) is 0 Å². The van der Waals surface area contributed by atoms with Crippen LogP contribution in [-0.4, -0.2) is 19.4 Å². The summed E-state index contributed by atoms with van der Waals surface area (Å²) in [7, 11) is 0. The fraction of sp³-hybridized carbons (Fsp3) is 1.00. The monoisotopic (exact) mass is 132 g/mol. The zero-order valence-corrected chi connectivity index (χ0v) is 5.93. The molecule has 1 aliphatic rings. The smallest absolute Gasteiger partial charge is 0.129 e. The Morgan fingerprint density at radius 1 is 1.44 bits per heavy atom. The average molecular weight is 132 g/mol. The minimum atomic E-state index is -0.718. The van der Waals surface area contributed by atoms with Gasteiger partial charge in [-0.2, -0.15) is 0 Å². The third kappa shape index (κ3) is 1.42. The lowest BCUT2D eigenvalue weighted by Gasteiger charge is -2.13. The molecule has 54 valence electrons. The van der Waals surface area contributed by atoms with E-state index >= 15 is 0 Å². The molecule has 0 bridgehead atoms. The molecular weight excluding hydrogens is 119 g/mol. The van der Waals surface area contributed by atoms with Crippen molar-refractivity contribution in [1.82, 2.24) is 0 Å². The minimum Gasteiger partial charge on any atom is -0.378 e. The molecule has 0 radical (unpaired) electrons. The Morgan fingerprint density at radius 3 is 2.33 bits per heavy atom. The third-order valence-corrected chi connectivity index (χ3v) is 1.91. The predicted octanol–water partition coefficient (Wildman–Crippen LogP) is 1.63. The van der Waals surface area contributed by atoms with E-state index in [4.69, 9.17) is 4.74 Å². The van der Waals surface area contributed by atoms with Crippen molar-refractivity contribution >= 4 is 0 Å². The summed E-state index contributed by atoms with van der Waals surface area (Å²) in [5, 5.41) is 0. The fourth-order valence-corrected chi connectivity index (χ4v) is 1.15. The summed E-state index contributed by atoms with van der Waals surface area (Å²) in [5.41, 5.74) is 0. The molecule has 1 aliphatic heterocycles. The molecule has 9 heavy (non-hydrogen) atoms. The highest BCUT2D eigenvalue weighted by atomic mass is 19.1. The Hall–Kier alpha value is -0.110. The number of hydrogen-bond donors (Lipinski definition) is 0. The van der Waals surface area contributed by atoms with E-state index in [0.29, 0.717) is 19.1 Å². The summed E-state index contributed by atoms with van der Waals surface area (Å²) in [6, 6.07) is 0. The summed E-state index contributed by atoms with van der Waals surface area (Å²) < 4.78 is 17.7. The molecule has 0 spiro atoms. The second-order valence-electron chi connectivity index (χ2n) is 2.96. The second kappa shape index (κ2) is 2.65. The molecule has 0 aliphatic carbocycles. The van der Waals surface area contributed by atoms with Crippen LogP contribution >= 0.6 is 0 Å². The quantitative estimate of drug-likeness (QED) is 0.527. The highest BCUT2D eigenvalue weighted by Gasteiger charge is 2.29. The minimum absolute atomic E-state index is 0.144. The molecule has 2 atom stereocenters. The molecule has 0 aromatic carbocycles. The van der Waals surface area contributed by atoms with Gasteiger partial charge >= 0.3 is 0 Å². The Morgan fingerprint density at radius 2 is 2.11 bits per heavy atom. The Kier molecular flexibility index (Phi) is 2.06. The van der Waals surface area contributed by atoms with Crippen LogP contribution in [-0.2, 0) is 4.74 Å². The maximum atomic E-state index is 12.7. The van der Waals surface area contributed by atoms with Gasteiger partial charge in [-0.1, -0.05) is 13.8 Å². The van der Waals surface area contributed by atoms with Gasteiger partial charge in [0.2, 0.25) is 0 Å². The van der Waals surface area contributed by atoms with Gasteiger partial charge in [-0.25, -0.2) is 4.39 Å². The van der Waals surface area contributed by atoms with Gasteiger partial charge in [-0.05, 0) is 5.92 Å². The first-order chi connectivity index (χ1) is 4.22. The third-order valence-electron chi connectivity index (χ3n) is 1.91. The molecule has 1 saturated heterocycles. The maximum absolute atomic E-state index is 12.7. The highest BCUT2D eigenvalue weighted by Crippen LogP contribution is 2.23. The summed E-state index contributed by atoms with van der Waals surface area (Å²) in [6.45, 7) is 4.99. The largest absolute Gasteiger partial charge is 0.378 e. The first-order valence-electron chi connectivity index (χ1n) is 3.43. The molecule has 2 heteroatoms. The molecule has 0 aromatic heterocycles. The Labute approximate surface area is 55.2 Å². The van der Waals surface area contributed by atoms with Gasteiger partial charge in [0.05, 0.1) is 13.2 Å². The van der Waals surface area contributed by atoms with Gasteiger partial charge in [0.1, 0.15) is 6.17 Å². The molecule has 0 N–H and O–H groups in total. The number of rotatable bonds is 1. The molecule has 0 amide bonds. The number of ether oxygens (including phenoxy) is 1. The van der Waals surface area contributed by atoms with Gasteiger partial charge in [-0.15, -0.1) is 0 Å². The summed E-state index contributed by atoms with van der Waals surface area (Å²) in [5.74, 6) is 0.562. The molecular formula is C7H13FO. The average Bonchev–Trinajstić information content (AvgIpc) is 2.13. The van der Waals surface area contributed by atoms with Crippen molar-refractivity contribution in [3.8, 4) is 0 Å². The number of hydrogen-bond acceptors (Lipinski definition) is 1. The van der Waals surface area contributed by atoms with Crippen LogP contribution in [0.2, 0.25) is 0 Å². The van der Waals surface area contributed by atoms with E-state index < -0.39 is 6.17 Å². The van der Waals surface area contributed by atoms with Gasteiger partial charge in [0, 0.05) is 5.92 Å². The fourth-order valence-electron chi connectivity index (χ4n) is 1.15. The lowest BCUT2D eigenvalue weighted by atomic mass is 9.94. The summed E-state index contributed by atoms with van der Waals surface area (Å²) >= 11 is 0. The number of halogens is 1. The van der Waals surface area contributed by atoms with Crippen molar-refractivity contribution < 1.29 is 9.13 Å². The second-order valence-corrected chi connectivity index (χ2v) is 2.96. The van der Waals surface area contributed by atoms with Crippen LogP contribution in [0.5, 0.6) is 0 Å². The molecule has 0 saturated carbocycles. The van der Waals surface area contributed by atoms with Gasteiger partial charge in [-0.3, -0.25) is 0 Å². The van der Waals surface area contributed by atoms with Crippen LogP contribution in [0.1, 0.15) is 13.8 Å².